The number of methoxy groups -OCH3 is 1. The van der Waals surface area contributed by atoms with Gasteiger partial charge in [-0.2, -0.15) is 0 Å². The van der Waals surface area contributed by atoms with Crippen LogP contribution in [0.15, 0.2) is 18.3 Å². The highest BCUT2D eigenvalue weighted by Crippen LogP contribution is 2.18. The molecule has 1 fully saturated rings. The number of aromatic nitrogens is 1. The second-order valence-corrected chi connectivity index (χ2v) is 4.64. The second kappa shape index (κ2) is 5.98. The van der Waals surface area contributed by atoms with Gasteiger partial charge in [0.15, 0.2) is 0 Å². The molecule has 1 saturated heterocycles. The van der Waals surface area contributed by atoms with Crippen LogP contribution in [0.4, 0.5) is 0 Å². The molecule has 17 heavy (non-hydrogen) atoms. The van der Waals surface area contributed by atoms with Gasteiger partial charge >= 0.3 is 0 Å². The third-order valence-electron chi connectivity index (χ3n) is 3.45. The molecule has 0 atom stereocenters. The van der Waals surface area contributed by atoms with Gasteiger partial charge in [0, 0.05) is 18.8 Å². The Bertz CT molecular complexity index is 348. The average Bonchev–Trinajstić information content (AvgIpc) is 2.40. The lowest BCUT2D eigenvalue weighted by molar-refractivity contribution is 0.178. The number of hydrogen-bond acceptors (Lipinski definition) is 4. The second-order valence-electron chi connectivity index (χ2n) is 4.64. The predicted octanol–water partition coefficient (Wildman–Crippen LogP) is 1.26. The summed E-state index contributed by atoms with van der Waals surface area (Å²) in [7, 11) is 1.69. The summed E-state index contributed by atoms with van der Waals surface area (Å²) in [6, 6.07) is 3.89. The van der Waals surface area contributed by atoms with Crippen LogP contribution in [0.3, 0.4) is 0 Å². The quantitative estimate of drug-likeness (QED) is 0.853. The van der Waals surface area contributed by atoms with Gasteiger partial charge < -0.3 is 10.5 Å². The normalized spacial score (nSPS) is 18.2. The van der Waals surface area contributed by atoms with Crippen LogP contribution in [0.1, 0.15) is 18.5 Å². The fraction of sp³-hybridized carbons (Fsp3) is 0.615. The van der Waals surface area contributed by atoms with Crippen LogP contribution in [-0.4, -0.2) is 36.6 Å². The summed E-state index contributed by atoms with van der Waals surface area (Å²) in [5, 5.41) is 0. The van der Waals surface area contributed by atoms with Crippen molar-refractivity contribution in [1.82, 2.24) is 9.88 Å². The lowest BCUT2D eigenvalue weighted by Gasteiger charge is -2.30. The number of nitrogens with zero attached hydrogens (tertiary/aromatic N) is 2. The number of hydrogen-bond donors (Lipinski definition) is 1. The molecule has 2 rings (SSSR count). The predicted molar refractivity (Wildman–Crippen MR) is 67.8 cm³/mol. The molecule has 94 valence electrons. The van der Waals surface area contributed by atoms with Crippen molar-refractivity contribution in [3.63, 3.8) is 0 Å². The highest BCUT2D eigenvalue weighted by molar-refractivity contribution is 5.22. The Morgan fingerprint density at radius 2 is 2.24 bits per heavy atom. The van der Waals surface area contributed by atoms with Crippen molar-refractivity contribution in [2.45, 2.75) is 19.4 Å². The summed E-state index contributed by atoms with van der Waals surface area (Å²) < 4.78 is 5.20. The number of piperidine rings is 1. The van der Waals surface area contributed by atoms with E-state index >= 15 is 0 Å². The molecule has 0 bridgehead atoms. The van der Waals surface area contributed by atoms with E-state index in [1.165, 1.54) is 12.8 Å². The standard InChI is InChI=1S/C13H21N3O/c1-17-13-2-5-15-12(8-13)10-16-6-3-11(9-14)4-7-16/h2,5,8,11H,3-4,6-7,9-10,14H2,1H3. The van der Waals surface area contributed by atoms with Crippen LogP contribution >= 0.6 is 0 Å². The minimum atomic E-state index is 0.713. The van der Waals surface area contributed by atoms with E-state index in [2.05, 4.69) is 9.88 Å². The topological polar surface area (TPSA) is 51.4 Å². The van der Waals surface area contributed by atoms with E-state index in [-0.39, 0.29) is 0 Å². The molecule has 0 saturated carbocycles. The number of rotatable bonds is 4. The fourth-order valence-electron chi connectivity index (χ4n) is 2.28. The highest BCUT2D eigenvalue weighted by Gasteiger charge is 2.18. The summed E-state index contributed by atoms with van der Waals surface area (Å²) in [6.45, 7) is 3.99. The Balaban J connectivity index is 1.88. The van der Waals surface area contributed by atoms with E-state index in [4.69, 9.17) is 10.5 Å². The maximum absolute atomic E-state index is 5.69. The summed E-state index contributed by atoms with van der Waals surface area (Å²) in [6.07, 6.45) is 4.22. The molecular weight excluding hydrogens is 214 g/mol. The van der Waals surface area contributed by atoms with E-state index < -0.39 is 0 Å². The first kappa shape index (κ1) is 12.3. The third kappa shape index (κ3) is 3.41. The first-order valence-corrected chi connectivity index (χ1v) is 6.23. The molecule has 1 aromatic rings. The van der Waals surface area contributed by atoms with Crippen molar-refractivity contribution in [3.8, 4) is 5.75 Å². The van der Waals surface area contributed by atoms with E-state index in [0.29, 0.717) is 5.92 Å². The Kier molecular flexibility index (Phi) is 4.34. The molecule has 0 spiro atoms. The fourth-order valence-corrected chi connectivity index (χ4v) is 2.28. The number of ether oxygens (including phenoxy) is 1. The van der Waals surface area contributed by atoms with Crippen LogP contribution in [0.25, 0.3) is 0 Å². The maximum Gasteiger partial charge on any atom is 0.122 e. The van der Waals surface area contributed by atoms with Crippen molar-refractivity contribution in [2.75, 3.05) is 26.7 Å². The molecule has 4 nitrogen and oxygen atoms in total. The molecule has 0 aliphatic carbocycles. The van der Waals surface area contributed by atoms with Gasteiger partial charge in [-0.1, -0.05) is 0 Å². The molecule has 0 unspecified atom stereocenters. The van der Waals surface area contributed by atoms with Gasteiger partial charge in [0.1, 0.15) is 5.75 Å². The monoisotopic (exact) mass is 235 g/mol. The molecular formula is C13H21N3O. The van der Waals surface area contributed by atoms with Crippen LogP contribution in [-0.2, 0) is 6.54 Å². The lowest BCUT2D eigenvalue weighted by Crippen LogP contribution is -2.35. The van der Waals surface area contributed by atoms with Gasteiger partial charge in [-0.15, -0.1) is 0 Å². The minimum Gasteiger partial charge on any atom is -0.497 e. The van der Waals surface area contributed by atoms with Gasteiger partial charge in [0.2, 0.25) is 0 Å². The van der Waals surface area contributed by atoms with Crippen LogP contribution in [0, 0.1) is 5.92 Å². The summed E-state index contributed by atoms with van der Waals surface area (Å²) in [5.74, 6) is 1.59. The molecule has 0 aromatic carbocycles. The van der Waals surface area contributed by atoms with Gasteiger partial charge in [-0.3, -0.25) is 9.88 Å². The number of pyridine rings is 1. The molecule has 1 aliphatic rings. The molecule has 1 aromatic heterocycles. The zero-order valence-corrected chi connectivity index (χ0v) is 10.4. The van der Waals surface area contributed by atoms with Gasteiger partial charge in [0.25, 0.3) is 0 Å². The van der Waals surface area contributed by atoms with Gasteiger partial charge in [-0.25, -0.2) is 0 Å². The number of nitrogens with two attached hydrogens (primary N) is 1. The average molecular weight is 235 g/mol. The molecule has 0 radical (unpaired) electrons. The van der Waals surface area contributed by atoms with E-state index in [1.54, 1.807) is 13.3 Å². The first-order valence-electron chi connectivity index (χ1n) is 6.23. The van der Waals surface area contributed by atoms with Crippen molar-refractivity contribution >= 4 is 0 Å². The lowest BCUT2D eigenvalue weighted by atomic mass is 9.97. The zero-order valence-electron chi connectivity index (χ0n) is 10.4. The van der Waals surface area contributed by atoms with Crippen LogP contribution in [0.2, 0.25) is 0 Å². The van der Waals surface area contributed by atoms with Crippen molar-refractivity contribution in [1.29, 1.82) is 0 Å². The van der Waals surface area contributed by atoms with Crippen molar-refractivity contribution in [2.24, 2.45) is 11.7 Å². The third-order valence-corrected chi connectivity index (χ3v) is 3.45. The minimum absolute atomic E-state index is 0.713. The Morgan fingerprint density at radius 1 is 1.47 bits per heavy atom. The largest absolute Gasteiger partial charge is 0.497 e. The van der Waals surface area contributed by atoms with E-state index in [1.807, 2.05) is 12.1 Å². The van der Waals surface area contributed by atoms with E-state index in [9.17, 15) is 0 Å². The molecule has 2 heterocycles. The maximum atomic E-state index is 5.69. The molecule has 4 heteroatoms. The SMILES string of the molecule is COc1ccnc(CN2CCC(CN)CC2)c1. The highest BCUT2D eigenvalue weighted by atomic mass is 16.5. The first-order chi connectivity index (χ1) is 8.31. The Hall–Kier alpha value is -1.13. The molecule has 1 aliphatic heterocycles. The van der Waals surface area contributed by atoms with E-state index in [0.717, 1.165) is 37.6 Å². The molecule has 0 amide bonds. The Labute approximate surface area is 103 Å². The summed E-state index contributed by atoms with van der Waals surface area (Å²) in [4.78, 5) is 6.81. The number of likely N-dealkylation sites (tertiary alicyclic amines) is 1. The summed E-state index contributed by atoms with van der Waals surface area (Å²) >= 11 is 0. The van der Waals surface area contributed by atoms with Crippen molar-refractivity contribution in [3.05, 3.63) is 24.0 Å². The van der Waals surface area contributed by atoms with Crippen molar-refractivity contribution < 1.29 is 4.74 Å². The summed E-state index contributed by atoms with van der Waals surface area (Å²) in [5.41, 5.74) is 6.77. The Morgan fingerprint density at radius 3 is 2.88 bits per heavy atom. The van der Waals surface area contributed by atoms with Gasteiger partial charge in [0.05, 0.1) is 12.8 Å². The van der Waals surface area contributed by atoms with Gasteiger partial charge in [-0.05, 0) is 44.5 Å². The smallest absolute Gasteiger partial charge is 0.122 e. The van der Waals surface area contributed by atoms with Crippen LogP contribution in [0.5, 0.6) is 5.75 Å². The molecule has 2 N–H and O–H groups in total. The zero-order chi connectivity index (χ0) is 12.1. The van der Waals surface area contributed by atoms with Crippen LogP contribution < -0.4 is 10.5 Å².